The maximum Gasteiger partial charge on any atom is 0.271 e. The molecule has 2 aromatic carbocycles. The number of benzene rings is 2. The van der Waals surface area contributed by atoms with Gasteiger partial charge in [-0.05, 0) is 18.6 Å². The lowest BCUT2D eigenvalue weighted by Crippen LogP contribution is -2.21. The average molecular weight is 501 g/mol. The molecule has 33 heavy (non-hydrogen) atoms. The Labute approximate surface area is 203 Å². The van der Waals surface area contributed by atoms with Crippen LogP contribution in [0.25, 0.3) is 0 Å². The van der Waals surface area contributed by atoms with Gasteiger partial charge in [0.25, 0.3) is 11.4 Å². The zero-order valence-corrected chi connectivity index (χ0v) is 20.6. The van der Waals surface area contributed by atoms with Crippen LogP contribution in [0.4, 0.5) is 22.7 Å². The van der Waals surface area contributed by atoms with Crippen LogP contribution in [0.2, 0.25) is 10.0 Å². The number of nitro groups is 2. The van der Waals surface area contributed by atoms with Crippen LogP contribution in [-0.2, 0) is 0 Å². The first kappa shape index (κ1) is 28.4. The second-order valence-electron chi connectivity index (χ2n) is 7.41. The molecule has 182 valence electrons. The fourth-order valence-corrected chi connectivity index (χ4v) is 3.64. The van der Waals surface area contributed by atoms with Gasteiger partial charge in [-0.2, -0.15) is 0 Å². The van der Waals surface area contributed by atoms with Crippen LogP contribution in [0.5, 0.6) is 0 Å². The van der Waals surface area contributed by atoms with Crippen LogP contribution in [-0.4, -0.2) is 48.7 Å². The average Bonchev–Trinajstić information content (AvgIpc) is 2.76. The molecular formula is C22H30Cl2N4O5. The highest BCUT2D eigenvalue weighted by atomic mass is 35.5. The summed E-state index contributed by atoms with van der Waals surface area (Å²) in [5.41, 5.74) is 1.50. The van der Waals surface area contributed by atoms with E-state index in [1.807, 2.05) is 11.9 Å². The van der Waals surface area contributed by atoms with Crippen LogP contribution in [0, 0.1) is 20.2 Å². The second-order valence-corrected chi connectivity index (χ2v) is 8.23. The van der Waals surface area contributed by atoms with Gasteiger partial charge in [0.15, 0.2) is 0 Å². The Hall–Kier alpha value is -2.62. The lowest BCUT2D eigenvalue weighted by atomic mass is 10.2. The van der Waals surface area contributed by atoms with Crippen molar-refractivity contribution >= 4 is 46.0 Å². The van der Waals surface area contributed by atoms with Crippen LogP contribution in [0.15, 0.2) is 36.4 Å². The topological polar surface area (TPSA) is 113 Å². The van der Waals surface area contributed by atoms with Gasteiger partial charge < -0.3 is 14.9 Å². The summed E-state index contributed by atoms with van der Waals surface area (Å²) in [6, 6.07) is 8.85. The third-order valence-electron chi connectivity index (χ3n) is 4.89. The molecule has 0 aliphatic heterocycles. The molecule has 0 fully saturated rings. The zero-order chi connectivity index (χ0) is 25.0. The Morgan fingerprint density at radius 1 is 0.818 bits per heavy atom. The third-order valence-corrected chi connectivity index (χ3v) is 5.49. The van der Waals surface area contributed by atoms with E-state index in [2.05, 4.69) is 6.92 Å². The summed E-state index contributed by atoms with van der Waals surface area (Å²) in [5, 5.41) is 30.5. The Morgan fingerprint density at radius 2 is 1.27 bits per heavy atom. The fraction of sp³-hybridized carbons (Fsp3) is 0.455. The summed E-state index contributed by atoms with van der Waals surface area (Å²) in [7, 11) is 3.71. The second kappa shape index (κ2) is 14.5. The van der Waals surface area contributed by atoms with E-state index in [0.717, 1.165) is 18.7 Å². The molecule has 0 heterocycles. The van der Waals surface area contributed by atoms with Crippen molar-refractivity contribution in [1.29, 1.82) is 0 Å². The first-order chi connectivity index (χ1) is 15.6. The molecule has 0 atom stereocenters. The molecule has 0 aliphatic carbocycles. The maximum atomic E-state index is 10.6. The first-order valence-corrected chi connectivity index (χ1v) is 11.3. The number of likely N-dealkylation sites (N-methyl/N-ethyl adjacent to an activating group) is 1. The summed E-state index contributed by atoms with van der Waals surface area (Å²) in [5.74, 6) is 0. The van der Waals surface area contributed by atoms with Gasteiger partial charge in [0.05, 0.1) is 37.9 Å². The van der Waals surface area contributed by atoms with E-state index in [-0.39, 0.29) is 18.0 Å². The third kappa shape index (κ3) is 9.41. The molecule has 0 unspecified atom stereocenters. The number of nitrogens with zero attached hydrogens (tertiary/aromatic N) is 4. The number of hydrogen-bond acceptors (Lipinski definition) is 7. The minimum atomic E-state index is -0.498. The number of halogens is 2. The zero-order valence-electron chi connectivity index (χ0n) is 19.0. The van der Waals surface area contributed by atoms with E-state index in [1.165, 1.54) is 43.5 Å². The minimum Gasteiger partial charge on any atom is -0.395 e. The molecule has 9 nitrogen and oxygen atoms in total. The van der Waals surface area contributed by atoms with Crippen molar-refractivity contribution in [3.8, 4) is 0 Å². The van der Waals surface area contributed by atoms with Gasteiger partial charge in [-0.3, -0.25) is 20.2 Å². The molecule has 0 saturated carbocycles. The van der Waals surface area contributed by atoms with E-state index in [4.69, 9.17) is 28.3 Å². The molecule has 1 N–H and O–H groups in total. The SMILES string of the molecule is CCCCCCN(C)c1ccc([N+](=O)[O-])cc1Cl.CN(CCO)c1ccc([N+](=O)[O-])cc1Cl. The minimum absolute atomic E-state index is 0.00379. The van der Waals surface area contributed by atoms with Gasteiger partial charge in [0.2, 0.25) is 0 Å². The molecule has 0 bridgehead atoms. The normalized spacial score (nSPS) is 10.2. The monoisotopic (exact) mass is 500 g/mol. The number of non-ortho nitro benzene ring substituents is 2. The van der Waals surface area contributed by atoms with E-state index >= 15 is 0 Å². The quantitative estimate of drug-likeness (QED) is 0.230. The van der Waals surface area contributed by atoms with Crippen molar-refractivity contribution in [3.63, 3.8) is 0 Å². The van der Waals surface area contributed by atoms with Crippen LogP contribution >= 0.6 is 23.2 Å². The highest BCUT2D eigenvalue weighted by Crippen LogP contribution is 2.30. The van der Waals surface area contributed by atoms with Gasteiger partial charge in [-0.15, -0.1) is 0 Å². The molecule has 0 radical (unpaired) electrons. The number of nitro benzene ring substituents is 2. The standard InChI is InChI=1S/C13H19ClN2O2.C9H11ClN2O3/c1-3-4-5-6-9-15(2)13-8-7-11(16(17)18)10-12(13)14;1-11(4-5-13)9-3-2-7(12(14)15)6-8(9)10/h7-8,10H,3-6,9H2,1-2H3;2-3,6,13H,4-5H2,1H3. The molecule has 2 rings (SSSR count). The molecule has 2 aromatic rings. The molecule has 0 aromatic heterocycles. The highest BCUT2D eigenvalue weighted by Gasteiger charge is 2.12. The van der Waals surface area contributed by atoms with Crippen molar-refractivity contribution in [3.05, 3.63) is 66.7 Å². The van der Waals surface area contributed by atoms with Crippen LogP contribution < -0.4 is 9.80 Å². The van der Waals surface area contributed by atoms with Crippen molar-refractivity contribution in [1.82, 2.24) is 0 Å². The highest BCUT2D eigenvalue weighted by molar-refractivity contribution is 6.33. The smallest absolute Gasteiger partial charge is 0.271 e. The molecule has 0 aliphatic rings. The van der Waals surface area contributed by atoms with Gasteiger partial charge in [0, 0.05) is 51.5 Å². The molecule has 0 saturated heterocycles. The van der Waals surface area contributed by atoms with E-state index < -0.39 is 9.85 Å². The number of hydrogen-bond donors (Lipinski definition) is 1. The number of rotatable bonds is 11. The molecular weight excluding hydrogens is 471 g/mol. The number of aliphatic hydroxyl groups excluding tert-OH is 1. The summed E-state index contributed by atoms with van der Waals surface area (Å²) in [4.78, 5) is 23.9. The Bertz CT molecular complexity index is 930. The fourth-order valence-electron chi connectivity index (χ4n) is 3.00. The number of anilines is 2. The Balaban J connectivity index is 0.000000335. The summed E-state index contributed by atoms with van der Waals surface area (Å²) in [6.45, 7) is 3.52. The van der Waals surface area contributed by atoms with Gasteiger partial charge in [-0.25, -0.2) is 0 Å². The van der Waals surface area contributed by atoms with E-state index in [9.17, 15) is 20.2 Å². The van der Waals surface area contributed by atoms with Crippen molar-refractivity contribution in [2.75, 3.05) is 43.6 Å². The van der Waals surface area contributed by atoms with Crippen molar-refractivity contribution in [2.45, 2.75) is 32.6 Å². The molecule has 11 heteroatoms. The lowest BCUT2D eigenvalue weighted by Gasteiger charge is -2.20. The van der Waals surface area contributed by atoms with Crippen LogP contribution in [0.1, 0.15) is 32.6 Å². The number of unbranched alkanes of at least 4 members (excludes halogenated alkanes) is 3. The van der Waals surface area contributed by atoms with Gasteiger partial charge >= 0.3 is 0 Å². The summed E-state index contributed by atoms with van der Waals surface area (Å²) in [6.07, 6.45) is 4.76. The maximum absolute atomic E-state index is 10.6. The largest absolute Gasteiger partial charge is 0.395 e. The first-order valence-electron chi connectivity index (χ1n) is 10.5. The molecule has 0 spiro atoms. The Kier molecular flexibility index (Phi) is 12.5. The summed E-state index contributed by atoms with van der Waals surface area (Å²) >= 11 is 11.9. The van der Waals surface area contributed by atoms with Crippen LogP contribution in [0.3, 0.4) is 0 Å². The van der Waals surface area contributed by atoms with E-state index in [0.29, 0.717) is 22.3 Å². The van der Waals surface area contributed by atoms with Gasteiger partial charge in [-0.1, -0.05) is 49.4 Å². The predicted octanol–water partition coefficient (Wildman–Crippen LogP) is 5.94. The Morgan fingerprint density at radius 3 is 1.64 bits per heavy atom. The van der Waals surface area contributed by atoms with Crippen molar-refractivity contribution < 1.29 is 15.0 Å². The number of aliphatic hydroxyl groups is 1. The van der Waals surface area contributed by atoms with E-state index in [1.54, 1.807) is 24.1 Å². The summed E-state index contributed by atoms with van der Waals surface area (Å²) < 4.78 is 0. The van der Waals surface area contributed by atoms with Crippen molar-refractivity contribution in [2.24, 2.45) is 0 Å². The van der Waals surface area contributed by atoms with Gasteiger partial charge in [0.1, 0.15) is 0 Å². The molecule has 0 amide bonds. The predicted molar refractivity (Wildman–Crippen MR) is 134 cm³/mol. The lowest BCUT2D eigenvalue weighted by molar-refractivity contribution is -0.385.